The summed E-state index contributed by atoms with van der Waals surface area (Å²) in [5, 5.41) is 12.1. The molecule has 5 rings (SSSR count). The van der Waals surface area contributed by atoms with Gasteiger partial charge in [0.1, 0.15) is 5.69 Å². The van der Waals surface area contributed by atoms with Gasteiger partial charge >= 0.3 is 0 Å². The van der Waals surface area contributed by atoms with Crippen molar-refractivity contribution in [1.82, 2.24) is 29.4 Å². The number of fused-ring (bicyclic) bond motifs is 1. The summed E-state index contributed by atoms with van der Waals surface area (Å²) in [5.41, 5.74) is 4.44. The van der Waals surface area contributed by atoms with E-state index in [2.05, 4.69) is 42.5 Å². The Morgan fingerprint density at radius 3 is 2.89 bits per heavy atom. The third kappa shape index (κ3) is 3.16. The van der Waals surface area contributed by atoms with Gasteiger partial charge in [-0.25, -0.2) is 4.52 Å². The van der Waals surface area contributed by atoms with Crippen LogP contribution in [0.15, 0.2) is 49.1 Å². The summed E-state index contributed by atoms with van der Waals surface area (Å²) in [5.74, 6) is 0.525. The molecule has 0 atom stereocenters. The summed E-state index contributed by atoms with van der Waals surface area (Å²) in [7, 11) is 1.88. The zero-order valence-corrected chi connectivity index (χ0v) is 15.5. The first kappa shape index (κ1) is 16.7. The molecular weight excluding hydrogens is 356 g/mol. The van der Waals surface area contributed by atoms with Crippen molar-refractivity contribution in [2.75, 3.05) is 36.5 Å². The maximum absolute atomic E-state index is 5.44. The molecule has 9 heteroatoms. The van der Waals surface area contributed by atoms with Gasteiger partial charge in [0.05, 0.1) is 19.4 Å². The van der Waals surface area contributed by atoms with Crippen molar-refractivity contribution in [3.63, 3.8) is 0 Å². The van der Waals surface area contributed by atoms with E-state index in [4.69, 9.17) is 4.74 Å². The number of anilines is 3. The third-order valence-corrected chi connectivity index (χ3v) is 4.71. The molecule has 1 N–H and O–H groups in total. The van der Waals surface area contributed by atoms with Crippen LogP contribution in [0.25, 0.3) is 16.9 Å². The summed E-state index contributed by atoms with van der Waals surface area (Å²) in [6, 6.07) is 8.26. The number of aromatic nitrogens is 6. The van der Waals surface area contributed by atoms with Crippen LogP contribution in [0.4, 0.5) is 17.3 Å². The molecule has 9 nitrogen and oxygen atoms in total. The zero-order valence-electron chi connectivity index (χ0n) is 15.5. The second kappa shape index (κ2) is 6.93. The number of benzene rings is 1. The fourth-order valence-corrected chi connectivity index (χ4v) is 3.35. The van der Waals surface area contributed by atoms with E-state index in [1.807, 2.05) is 25.4 Å². The number of nitrogens with zero attached hydrogens (tertiary/aromatic N) is 7. The Hall–Kier alpha value is -3.46. The molecule has 1 aromatic carbocycles. The van der Waals surface area contributed by atoms with Crippen LogP contribution < -0.4 is 10.2 Å². The molecule has 0 aliphatic carbocycles. The van der Waals surface area contributed by atoms with Crippen LogP contribution in [0.1, 0.15) is 0 Å². The molecule has 0 amide bonds. The lowest BCUT2D eigenvalue weighted by molar-refractivity contribution is 0.122. The van der Waals surface area contributed by atoms with E-state index in [9.17, 15) is 0 Å². The molecule has 1 aliphatic rings. The van der Waals surface area contributed by atoms with Crippen LogP contribution in [0, 0.1) is 0 Å². The standard InChI is InChI=1S/C19H20N8O/c1-25-13-14(12-21-25)17-18-23-19(24-27(18)6-5-20-17)22-15-3-2-4-16(11-15)26-7-9-28-10-8-26/h2-6,11-13H,7-10H2,1H3,(H,22,24). The van der Waals surface area contributed by atoms with Gasteiger partial charge in [0.2, 0.25) is 5.95 Å². The predicted molar refractivity (Wildman–Crippen MR) is 106 cm³/mol. The van der Waals surface area contributed by atoms with Crippen molar-refractivity contribution in [3.8, 4) is 11.3 Å². The summed E-state index contributed by atoms with van der Waals surface area (Å²) in [6.45, 7) is 3.32. The minimum Gasteiger partial charge on any atom is -0.378 e. The molecule has 0 radical (unpaired) electrons. The lowest BCUT2D eigenvalue weighted by Crippen LogP contribution is -2.36. The minimum absolute atomic E-state index is 0.525. The third-order valence-electron chi connectivity index (χ3n) is 4.71. The minimum atomic E-state index is 0.525. The van der Waals surface area contributed by atoms with Crippen molar-refractivity contribution < 1.29 is 4.74 Å². The Balaban J connectivity index is 1.44. The molecule has 142 valence electrons. The molecule has 28 heavy (non-hydrogen) atoms. The molecule has 1 saturated heterocycles. The van der Waals surface area contributed by atoms with Crippen LogP contribution in [-0.2, 0) is 11.8 Å². The average molecular weight is 376 g/mol. The lowest BCUT2D eigenvalue weighted by atomic mass is 10.2. The first-order valence-electron chi connectivity index (χ1n) is 9.16. The topological polar surface area (TPSA) is 85.4 Å². The summed E-state index contributed by atoms with van der Waals surface area (Å²) in [4.78, 5) is 11.4. The van der Waals surface area contributed by atoms with Crippen LogP contribution in [-0.4, -0.2) is 55.7 Å². The van der Waals surface area contributed by atoms with E-state index in [1.165, 1.54) is 0 Å². The van der Waals surface area contributed by atoms with Gasteiger partial charge in [0.25, 0.3) is 0 Å². The van der Waals surface area contributed by atoms with Gasteiger partial charge in [-0.05, 0) is 18.2 Å². The molecule has 0 bridgehead atoms. The molecule has 0 spiro atoms. The van der Waals surface area contributed by atoms with Gasteiger partial charge in [-0.1, -0.05) is 6.07 Å². The van der Waals surface area contributed by atoms with Gasteiger partial charge in [-0.3, -0.25) is 9.67 Å². The Morgan fingerprint density at radius 2 is 2.07 bits per heavy atom. The Morgan fingerprint density at radius 1 is 1.18 bits per heavy atom. The first-order chi connectivity index (χ1) is 13.8. The number of rotatable bonds is 4. The summed E-state index contributed by atoms with van der Waals surface area (Å²) >= 11 is 0. The van der Waals surface area contributed by atoms with E-state index in [0.717, 1.165) is 48.9 Å². The maximum atomic E-state index is 5.44. The SMILES string of the molecule is Cn1cc(-c2nccn3nc(Nc4cccc(N5CCOCC5)c4)nc23)cn1. The van der Waals surface area contributed by atoms with E-state index in [1.54, 1.807) is 27.8 Å². The zero-order chi connectivity index (χ0) is 18.9. The van der Waals surface area contributed by atoms with Crippen LogP contribution in [0.3, 0.4) is 0 Å². The van der Waals surface area contributed by atoms with E-state index < -0.39 is 0 Å². The lowest BCUT2D eigenvalue weighted by Gasteiger charge is -2.29. The molecule has 0 unspecified atom stereocenters. The Kier molecular flexibility index (Phi) is 4.13. The van der Waals surface area contributed by atoms with Crippen molar-refractivity contribution in [3.05, 3.63) is 49.1 Å². The van der Waals surface area contributed by atoms with Crippen molar-refractivity contribution in [1.29, 1.82) is 0 Å². The number of hydrogen-bond acceptors (Lipinski definition) is 7. The second-order valence-electron chi connectivity index (χ2n) is 6.66. The highest BCUT2D eigenvalue weighted by molar-refractivity contribution is 5.74. The molecule has 0 saturated carbocycles. The highest BCUT2D eigenvalue weighted by atomic mass is 16.5. The van der Waals surface area contributed by atoms with Crippen LogP contribution in [0.2, 0.25) is 0 Å². The Labute approximate surface area is 161 Å². The maximum Gasteiger partial charge on any atom is 0.247 e. The van der Waals surface area contributed by atoms with Crippen LogP contribution in [0.5, 0.6) is 0 Å². The molecular formula is C19H20N8O. The number of hydrogen-bond donors (Lipinski definition) is 1. The van der Waals surface area contributed by atoms with Crippen molar-refractivity contribution in [2.24, 2.45) is 7.05 Å². The number of nitrogens with one attached hydrogen (secondary N) is 1. The molecule has 1 aliphatic heterocycles. The Bertz CT molecular complexity index is 1110. The number of ether oxygens (including phenoxy) is 1. The first-order valence-corrected chi connectivity index (χ1v) is 9.16. The molecule has 4 aromatic rings. The quantitative estimate of drug-likeness (QED) is 0.584. The number of aryl methyl sites for hydroxylation is 1. The van der Waals surface area contributed by atoms with Gasteiger partial charge in [-0.15, -0.1) is 5.10 Å². The predicted octanol–water partition coefficient (Wildman–Crippen LogP) is 2.10. The van der Waals surface area contributed by atoms with Crippen LogP contribution >= 0.6 is 0 Å². The normalized spacial score (nSPS) is 14.5. The average Bonchev–Trinajstić information content (AvgIpc) is 3.34. The molecule has 4 heterocycles. The fourth-order valence-electron chi connectivity index (χ4n) is 3.35. The van der Waals surface area contributed by atoms with Crippen molar-refractivity contribution in [2.45, 2.75) is 0 Å². The van der Waals surface area contributed by atoms with E-state index in [-0.39, 0.29) is 0 Å². The van der Waals surface area contributed by atoms with Gasteiger partial charge in [0, 0.05) is 55.7 Å². The van der Waals surface area contributed by atoms with Gasteiger partial charge in [0.15, 0.2) is 5.65 Å². The highest BCUT2D eigenvalue weighted by Crippen LogP contribution is 2.24. The van der Waals surface area contributed by atoms with E-state index in [0.29, 0.717) is 11.6 Å². The smallest absolute Gasteiger partial charge is 0.247 e. The highest BCUT2D eigenvalue weighted by Gasteiger charge is 2.14. The van der Waals surface area contributed by atoms with E-state index >= 15 is 0 Å². The second-order valence-corrected chi connectivity index (χ2v) is 6.66. The molecule has 3 aromatic heterocycles. The van der Waals surface area contributed by atoms with Gasteiger partial charge in [-0.2, -0.15) is 10.1 Å². The van der Waals surface area contributed by atoms with Crippen molar-refractivity contribution >= 4 is 23.0 Å². The summed E-state index contributed by atoms with van der Waals surface area (Å²) < 4.78 is 8.91. The summed E-state index contributed by atoms with van der Waals surface area (Å²) in [6.07, 6.45) is 7.19. The monoisotopic (exact) mass is 376 g/mol. The fraction of sp³-hybridized carbons (Fsp3) is 0.263. The number of morpholine rings is 1. The largest absolute Gasteiger partial charge is 0.378 e. The van der Waals surface area contributed by atoms with Gasteiger partial charge < -0.3 is 15.0 Å². The molecule has 1 fully saturated rings.